The number of nitrogens with zero attached hydrogens (tertiary/aromatic N) is 3. The molecule has 0 bridgehead atoms. The molecule has 1 aromatic carbocycles. The minimum atomic E-state index is -3.88. The third-order valence-electron chi connectivity index (χ3n) is 4.75. The van der Waals surface area contributed by atoms with Gasteiger partial charge in [-0.3, -0.25) is 9.52 Å². The molecule has 0 saturated carbocycles. The van der Waals surface area contributed by atoms with Gasteiger partial charge in [-0.05, 0) is 43.2 Å². The molecule has 1 aliphatic rings. The van der Waals surface area contributed by atoms with Crippen molar-refractivity contribution in [3.8, 4) is 0 Å². The van der Waals surface area contributed by atoms with E-state index in [1.165, 1.54) is 47.0 Å². The molecule has 1 amide bonds. The van der Waals surface area contributed by atoms with Crippen LogP contribution in [0.25, 0.3) is 0 Å². The summed E-state index contributed by atoms with van der Waals surface area (Å²) in [4.78, 5) is 15.7. The van der Waals surface area contributed by atoms with Crippen molar-refractivity contribution in [1.82, 2.24) is 15.1 Å². The second-order valence-electron chi connectivity index (χ2n) is 7.48. The molecule has 0 aliphatic carbocycles. The van der Waals surface area contributed by atoms with Gasteiger partial charge >= 0.3 is 0 Å². The highest BCUT2D eigenvalue weighted by molar-refractivity contribution is 8.01. The minimum Gasteiger partial charge on any atom is -0.339 e. The number of thioether (sulfide) groups is 2. The Morgan fingerprint density at radius 2 is 1.97 bits per heavy atom. The molecule has 1 saturated heterocycles. The number of piperidine rings is 1. The Labute approximate surface area is 190 Å². The van der Waals surface area contributed by atoms with E-state index in [0.717, 1.165) is 17.7 Å². The number of amides is 1. The molecule has 0 radical (unpaired) electrons. The Hall–Kier alpha value is -1.30. The van der Waals surface area contributed by atoms with Crippen LogP contribution in [0.3, 0.4) is 0 Å². The largest absolute Gasteiger partial charge is 0.339 e. The van der Waals surface area contributed by atoms with Gasteiger partial charge in [-0.15, -0.1) is 22.0 Å². The van der Waals surface area contributed by atoms with Crippen LogP contribution in [0.2, 0.25) is 0 Å². The lowest BCUT2D eigenvalue weighted by Crippen LogP contribution is -2.38. The first-order valence-electron chi connectivity index (χ1n) is 9.70. The Morgan fingerprint density at radius 3 is 2.60 bits per heavy atom. The van der Waals surface area contributed by atoms with Crippen molar-refractivity contribution >= 4 is 55.9 Å². The molecular weight excluding hydrogens is 461 g/mol. The summed E-state index contributed by atoms with van der Waals surface area (Å²) in [5.74, 6) is 0.491. The maximum absolute atomic E-state index is 13.1. The molecule has 2 aromatic rings. The molecule has 0 atom stereocenters. The topological polar surface area (TPSA) is 92.3 Å². The number of carbonyl (C=O) groups excluding carboxylic acids is 1. The lowest BCUT2D eigenvalue weighted by Gasteiger charge is -2.30. The average molecular weight is 487 g/mol. The van der Waals surface area contributed by atoms with Gasteiger partial charge in [0.25, 0.3) is 15.9 Å². The zero-order chi connectivity index (χ0) is 21.9. The summed E-state index contributed by atoms with van der Waals surface area (Å²) in [6.07, 6.45) is 3.81. The third kappa shape index (κ3) is 5.68. The van der Waals surface area contributed by atoms with Crippen LogP contribution < -0.4 is 4.72 Å². The average Bonchev–Trinajstić information content (AvgIpc) is 3.12. The molecule has 1 fully saturated rings. The third-order valence-corrected chi connectivity index (χ3v) is 8.94. The van der Waals surface area contributed by atoms with Gasteiger partial charge in [0.2, 0.25) is 5.13 Å². The molecular formula is C19H26N4O3S4. The van der Waals surface area contributed by atoms with E-state index in [4.69, 9.17) is 0 Å². The summed E-state index contributed by atoms with van der Waals surface area (Å²) in [5.41, 5.74) is 0.424. The van der Waals surface area contributed by atoms with Crippen molar-refractivity contribution < 1.29 is 13.2 Å². The number of hydrogen-bond donors (Lipinski definition) is 1. The first-order chi connectivity index (χ1) is 14.2. The Bertz CT molecular complexity index is 999. The quantitative estimate of drug-likeness (QED) is 0.579. The highest BCUT2D eigenvalue weighted by Gasteiger charge is 2.26. The van der Waals surface area contributed by atoms with Crippen LogP contribution in [-0.4, -0.2) is 54.0 Å². The predicted octanol–water partition coefficient (Wildman–Crippen LogP) is 4.43. The number of nitrogens with one attached hydrogen (secondary N) is 1. The highest BCUT2D eigenvalue weighted by Crippen LogP contribution is 2.31. The van der Waals surface area contributed by atoms with Gasteiger partial charge in [-0.1, -0.05) is 43.9 Å². The van der Waals surface area contributed by atoms with Gasteiger partial charge in [-0.2, -0.15) is 0 Å². The standard InChI is InChI=1S/C19H26N4O3S4/c1-12(2)28-19-21-20-18(29-19)22-30(25,26)14-5-6-16(27-4)15(11-14)17(24)23-9-7-13(3)8-10-23/h5-6,11-13H,7-10H2,1-4H3,(H,20,22). The van der Waals surface area contributed by atoms with Crippen molar-refractivity contribution in [2.45, 2.75) is 53.0 Å². The maximum Gasteiger partial charge on any atom is 0.263 e. The van der Waals surface area contributed by atoms with Crippen LogP contribution in [0.1, 0.15) is 44.0 Å². The Kier molecular flexibility index (Phi) is 7.70. The fourth-order valence-electron chi connectivity index (χ4n) is 3.08. The molecule has 164 valence electrons. The molecule has 2 heterocycles. The van der Waals surface area contributed by atoms with Gasteiger partial charge in [0.05, 0.1) is 10.5 Å². The molecule has 1 aromatic heterocycles. The van der Waals surface area contributed by atoms with Crippen molar-refractivity contribution in [3.63, 3.8) is 0 Å². The molecule has 1 N–H and O–H groups in total. The Morgan fingerprint density at radius 1 is 1.27 bits per heavy atom. The van der Waals surface area contributed by atoms with E-state index in [-0.39, 0.29) is 15.9 Å². The smallest absolute Gasteiger partial charge is 0.263 e. The number of aromatic nitrogens is 2. The van der Waals surface area contributed by atoms with Crippen LogP contribution in [0.15, 0.2) is 32.3 Å². The molecule has 1 aliphatic heterocycles. The second kappa shape index (κ2) is 9.88. The zero-order valence-corrected chi connectivity index (χ0v) is 20.7. The van der Waals surface area contributed by atoms with Crippen LogP contribution in [0.4, 0.5) is 5.13 Å². The van der Waals surface area contributed by atoms with E-state index in [0.29, 0.717) is 34.2 Å². The van der Waals surface area contributed by atoms with Gasteiger partial charge in [-0.25, -0.2) is 8.42 Å². The monoisotopic (exact) mass is 486 g/mol. The first-order valence-corrected chi connectivity index (χ1v) is 14.1. The Balaban J connectivity index is 1.84. The molecule has 7 nitrogen and oxygen atoms in total. The van der Waals surface area contributed by atoms with Crippen molar-refractivity contribution in [1.29, 1.82) is 0 Å². The van der Waals surface area contributed by atoms with E-state index in [1.54, 1.807) is 6.07 Å². The van der Waals surface area contributed by atoms with Crippen LogP contribution >= 0.6 is 34.9 Å². The number of carbonyl (C=O) groups is 1. The maximum atomic E-state index is 13.1. The summed E-state index contributed by atoms with van der Waals surface area (Å²) >= 11 is 4.16. The second-order valence-corrected chi connectivity index (χ2v) is 12.8. The summed E-state index contributed by atoms with van der Waals surface area (Å²) in [7, 11) is -3.88. The molecule has 11 heteroatoms. The molecule has 0 spiro atoms. The minimum absolute atomic E-state index is 0.0438. The number of benzene rings is 1. The summed E-state index contributed by atoms with van der Waals surface area (Å²) in [6.45, 7) is 7.65. The lowest BCUT2D eigenvalue weighted by molar-refractivity contribution is 0.0693. The van der Waals surface area contributed by atoms with E-state index < -0.39 is 10.0 Å². The predicted molar refractivity (Wildman–Crippen MR) is 124 cm³/mol. The fraction of sp³-hybridized carbons (Fsp3) is 0.526. The summed E-state index contributed by atoms with van der Waals surface area (Å²) < 4.78 is 29.0. The van der Waals surface area contributed by atoms with Crippen LogP contribution in [0, 0.1) is 5.92 Å². The van der Waals surface area contributed by atoms with Gasteiger partial charge in [0.15, 0.2) is 4.34 Å². The van der Waals surface area contributed by atoms with E-state index in [2.05, 4.69) is 21.8 Å². The number of likely N-dealkylation sites (tertiary alicyclic amines) is 1. The highest BCUT2D eigenvalue weighted by atomic mass is 32.2. The number of anilines is 1. The molecule has 30 heavy (non-hydrogen) atoms. The number of sulfonamides is 1. The first kappa shape index (κ1) is 23.4. The number of rotatable bonds is 7. The van der Waals surface area contributed by atoms with Gasteiger partial charge in [0, 0.05) is 23.2 Å². The van der Waals surface area contributed by atoms with Crippen molar-refractivity contribution in [2.75, 3.05) is 24.1 Å². The van der Waals surface area contributed by atoms with E-state index in [1.807, 2.05) is 25.0 Å². The van der Waals surface area contributed by atoms with Crippen LogP contribution in [-0.2, 0) is 10.0 Å². The zero-order valence-electron chi connectivity index (χ0n) is 17.4. The number of hydrogen-bond acceptors (Lipinski definition) is 8. The summed E-state index contributed by atoms with van der Waals surface area (Å²) in [6, 6.07) is 4.69. The van der Waals surface area contributed by atoms with Gasteiger partial charge < -0.3 is 4.90 Å². The van der Waals surface area contributed by atoms with E-state index >= 15 is 0 Å². The normalized spacial score (nSPS) is 15.6. The molecule has 3 rings (SSSR count). The molecule has 0 unspecified atom stereocenters. The fourth-order valence-corrected chi connectivity index (χ4v) is 6.88. The SMILES string of the molecule is CSc1ccc(S(=O)(=O)Nc2nnc(SC(C)C)s2)cc1C(=O)N1CCC(C)CC1. The van der Waals surface area contributed by atoms with Gasteiger partial charge in [0.1, 0.15) is 0 Å². The van der Waals surface area contributed by atoms with Crippen LogP contribution in [0.5, 0.6) is 0 Å². The van der Waals surface area contributed by atoms with E-state index in [9.17, 15) is 13.2 Å². The lowest BCUT2D eigenvalue weighted by atomic mass is 9.98. The van der Waals surface area contributed by atoms with Crippen molar-refractivity contribution in [2.24, 2.45) is 5.92 Å². The summed E-state index contributed by atoms with van der Waals surface area (Å²) in [5, 5.41) is 8.48. The van der Waals surface area contributed by atoms with Crippen molar-refractivity contribution in [3.05, 3.63) is 23.8 Å².